The number of carbonyl (C=O) groups is 2. The van der Waals surface area contributed by atoms with Gasteiger partial charge in [0.25, 0.3) is 0 Å². The minimum absolute atomic E-state index is 0.0142. The average Bonchev–Trinajstić information content (AvgIpc) is 3.30. The molecule has 0 unspecified atom stereocenters. The van der Waals surface area contributed by atoms with E-state index in [1.165, 1.54) is 5.56 Å². The van der Waals surface area contributed by atoms with Gasteiger partial charge in [-0.25, -0.2) is 0 Å². The van der Waals surface area contributed by atoms with Crippen molar-refractivity contribution in [2.45, 2.75) is 57.3 Å². The van der Waals surface area contributed by atoms with Crippen molar-refractivity contribution in [3.05, 3.63) is 101 Å². The molecule has 3 aromatic rings. The van der Waals surface area contributed by atoms with Gasteiger partial charge in [0, 0.05) is 16.8 Å². The van der Waals surface area contributed by atoms with Crippen LogP contribution in [0.2, 0.25) is 0 Å². The van der Waals surface area contributed by atoms with Crippen LogP contribution in [0.5, 0.6) is 0 Å². The summed E-state index contributed by atoms with van der Waals surface area (Å²) in [4.78, 5) is 26.5. The molecule has 32 heavy (non-hydrogen) atoms. The molecule has 0 spiro atoms. The van der Waals surface area contributed by atoms with Crippen molar-refractivity contribution in [2.24, 2.45) is 0 Å². The average molecular weight is 426 g/mol. The molecule has 1 amide bonds. The van der Waals surface area contributed by atoms with Crippen molar-refractivity contribution >= 4 is 17.4 Å². The summed E-state index contributed by atoms with van der Waals surface area (Å²) in [5.41, 5.74) is 3.70. The van der Waals surface area contributed by atoms with Crippen molar-refractivity contribution in [3.63, 3.8) is 0 Å². The third kappa shape index (κ3) is 4.38. The first-order valence-electron chi connectivity index (χ1n) is 11.4. The smallest absolute Gasteiger partial charge is 0.235 e. The topological polar surface area (TPSA) is 46.2 Å². The van der Waals surface area contributed by atoms with Crippen molar-refractivity contribution in [3.8, 4) is 0 Å². The van der Waals surface area contributed by atoms with Crippen LogP contribution in [0.3, 0.4) is 0 Å². The van der Waals surface area contributed by atoms with Crippen LogP contribution in [0.1, 0.15) is 73.5 Å². The van der Waals surface area contributed by atoms with Gasteiger partial charge in [-0.15, -0.1) is 0 Å². The van der Waals surface area contributed by atoms with Gasteiger partial charge in [-0.2, -0.15) is 0 Å². The standard InChI is InChI=1S/C29H31NO2/c1-28(2,3)23-16-14-21(15-17-23)26(31)22-10-9-13-25(20-22)30-27(32)29(18-7-8-19-29)24-11-5-4-6-12-24/h4-6,9-17,20H,7-8,18-19H2,1-3H3,(H,30,32). The predicted molar refractivity (Wildman–Crippen MR) is 130 cm³/mol. The summed E-state index contributed by atoms with van der Waals surface area (Å²) in [7, 11) is 0. The maximum Gasteiger partial charge on any atom is 0.235 e. The van der Waals surface area contributed by atoms with Crippen LogP contribution in [-0.4, -0.2) is 11.7 Å². The van der Waals surface area contributed by atoms with Crippen molar-refractivity contribution in [1.82, 2.24) is 0 Å². The van der Waals surface area contributed by atoms with Crippen LogP contribution in [-0.2, 0) is 15.6 Å². The molecule has 0 radical (unpaired) electrons. The number of hydrogen-bond acceptors (Lipinski definition) is 2. The van der Waals surface area contributed by atoms with E-state index in [-0.39, 0.29) is 17.1 Å². The Morgan fingerprint density at radius 1 is 0.781 bits per heavy atom. The largest absolute Gasteiger partial charge is 0.325 e. The fraction of sp³-hybridized carbons (Fsp3) is 0.310. The van der Waals surface area contributed by atoms with E-state index in [4.69, 9.17) is 0 Å². The van der Waals surface area contributed by atoms with Gasteiger partial charge in [0.15, 0.2) is 5.78 Å². The van der Waals surface area contributed by atoms with E-state index in [0.29, 0.717) is 16.8 Å². The van der Waals surface area contributed by atoms with E-state index in [1.807, 2.05) is 66.7 Å². The van der Waals surface area contributed by atoms with Gasteiger partial charge >= 0.3 is 0 Å². The van der Waals surface area contributed by atoms with Gasteiger partial charge in [0.1, 0.15) is 0 Å². The number of benzene rings is 3. The van der Waals surface area contributed by atoms with E-state index < -0.39 is 5.41 Å². The lowest BCUT2D eigenvalue weighted by Gasteiger charge is -2.28. The predicted octanol–water partition coefficient (Wildman–Crippen LogP) is 6.67. The highest BCUT2D eigenvalue weighted by Crippen LogP contribution is 2.42. The Hall–Kier alpha value is -3.20. The molecule has 1 saturated carbocycles. The number of anilines is 1. The van der Waals surface area contributed by atoms with Crippen molar-refractivity contribution in [1.29, 1.82) is 0 Å². The summed E-state index contributed by atoms with van der Waals surface area (Å²) >= 11 is 0. The summed E-state index contributed by atoms with van der Waals surface area (Å²) in [5.74, 6) is -0.0273. The number of carbonyl (C=O) groups excluding carboxylic acids is 2. The Labute approximate surface area is 190 Å². The SMILES string of the molecule is CC(C)(C)c1ccc(C(=O)c2cccc(NC(=O)C3(c4ccccc4)CCCC3)c2)cc1. The summed E-state index contributed by atoms with van der Waals surface area (Å²) in [6.45, 7) is 6.47. The fourth-order valence-electron chi connectivity index (χ4n) is 4.66. The number of nitrogens with one attached hydrogen (secondary N) is 1. The van der Waals surface area contributed by atoms with Crippen LogP contribution in [0.15, 0.2) is 78.9 Å². The lowest BCUT2D eigenvalue weighted by molar-refractivity contribution is -0.121. The van der Waals surface area contributed by atoms with E-state index in [0.717, 1.165) is 31.2 Å². The minimum atomic E-state index is -0.496. The van der Waals surface area contributed by atoms with E-state index in [9.17, 15) is 9.59 Å². The van der Waals surface area contributed by atoms with Gasteiger partial charge in [-0.1, -0.05) is 100 Å². The summed E-state index contributed by atoms with van der Waals surface area (Å²) in [6, 6.07) is 25.1. The Morgan fingerprint density at radius 2 is 1.44 bits per heavy atom. The van der Waals surface area contributed by atoms with Gasteiger partial charge in [-0.05, 0) is 41.5 Å². The highest BCUT2D eigenvalue weighted by atomic mass is 16.2. The molecule has 0 bridgehead atoms. The molecule has 0 heterocycles. The third-order valence-electron chi connectivity index (χ3n) is 6.61. The van der Waals surface area contributed by atoms with Crippen LogP contribution in [0.25, 0.3) is 0 Å². The van der Waals surface area contributed by atoms with Crippen molar-refractivity contribution < 1.29 is 9.59 Å². The quantitative estimate of drug-likeness (QED) is 0.464. The summed E-state index contributed by atoms with van der Waals surface area (Å²) < 4.78 is 0. The lowest BCUT2D eigenvalue weighted by atomic mass is 9.78. The first-order chi connectivity index (χ1) is 15.3. The first-order valence-corrected chi connectivity index (χ1v) is 11.4. The molecule has 1 aliphatic carbocycles. The molecule has 1 N–H and O–H groups in total. The zero-order chi connectivity index (χ0) is 22.8. The number of amides is 1. The molecule has 3 nitrogen and oxygen atoms in total. The summed E-state index contributed by atoms with van der Waals surface area (Å²) in [5, 5.41) is 3.11. The summed E-state index contributed by atoms with van der Waals surface area (Å²) in [6.07, 6.45) is 3.79. The molecular formula is C29H31NO2. The Morgan fingerprint density at radius 3 is 2.06 bits per heavy atom. The maximum atomic E-state index is 13.4. The second-order valence-corrected chi connectivity index (χ2v) is 9.85. The van der Waals surface area contributed by atoms with Gasteiger partial charge < -0.3 is 5.32 Å². The molecule has 164 valence electrons. The molecule has 3 heteroatoms. The molecule has 1 aliphatic rings. The van der Waals surface area contributed by atoms with Crippen LogP contribution < -0.4 is 5.32 Å². The van der Waals surface area contributed by atoms with Crippen molar-refractivity contribution in [2.75, 3.05) is 5.32 Å². The molecule has 0 saturated heterocycles. The monoisotopic (exact) mass is 425 g/mol. The number of ketones is 1. The van der Waals surface area contributed by atoms with Crippen LogP contribution in [0.4, 0.5) is 5.69 Å². The van der Waals surface area contributed by atoms with Gasteiger partial charge in [-0.3, -0.25) is 9.59 Å². The fourth-order valence-corrected chi connectivity index (χ4v) is 4.66. The van der Waals surface area contributed by atoms with E-state index in [1.54, 1.807) is 12.1 Å². The van der Waals surface area contributed by atoms with Crippen LogP contribution >= 0.6 is 0 Å². The Kier molecular flexibility index (Phi) is 6.01. The lowest BCUT2D eigenvalue weighted by Crippen LogP contribution is -2.38. The second kappa shape index (κ2) is 8.74. The molecule has 0 atom stereocenters. The van der Waals surface area contributed by atoms with E-state index >= 15 is 0 Å². The first kappa shape index (κ1) is 22.0. The van der Waals surface area contributed by atoms with Crippen LogP contribution in [0, 0.1) is 0 Å². The normalized spacial score (nSPS) is 15.3. The maximum absolute atomic E-state index is 13.4. The van der Waals surface area contributed by atoms with Gasteiger partial charge in [0.2, 0.25) is 5.91 Å². The Bertz CT molecular complexity index is 1100. The number of rotatable bonds is 5. The zero-order valence-electron chi connectivity index (χ0n) is 19.2. The van der Waals surface area contributed by atoms with Gasteiger partial charge in [0.05, 0.1) is 5.41 Å². The third-order valence-corrected chi connectivity index (χ3v) is 6.61. The number of hydrogen-bond donors (Lipinski definition) is 1. The highest BCUT2D eigenvalue weighted by molar-refractivity contribution is 6.10. The second-order valence-electron chi connectivity index (χ2n) is 9.85. The van der Waals surface area contributed by atoms with E-state index in [2.05, 4.69) is 26.1 Å². The highest BCUT2D eigenvalue weighted by Gasteiger charge is 2.42. The molecule has 0 aliphatic heterocycles. The molecule has 3 aromatic carbocycles. The molecule has 1 fully saturated rings. The molecule has 4 rings (SSSR count). The molecule has 0 aromatic heterocycles. The molecular weight excluding hydrogens is 394 g/mol. The minimum Gasteiger partial charge on any atom is -0.325 e. The Balaban J connectivity index is 1.55. The zero-order valence-corrected chi connectivity index (χ0v) is 19.2.